The number of rotatable bonds is 4. The van der Waals surface area contributed by atoms with E-state index in [0.29, 0.717) is 22.6 Å². The highest BCUT2D eigenvalue weighted by Gasteiger charge is 2.26. The van der Waals surface area contributed by atoms with E-state index in [1.54, 1.807) is 47.7 Å². The molecule has 0 spiro atoms. The van der Waals surface area contributed by atoms with E-state index in [1.807, 2.05) is 35.2 Å². The van der Waals surface area contributed by atoms with Crippen molar-refractivity contribution >= 4 is 33.2 Å². The number of piperidine rings is 1. The lowest BCUT2D eigenvalue weighted by molar-refractivity contribution is 0.0712. The standard InChI is InChI=1S/C26H22N2O2S/c29-24(18-6-2-1-3-7-18)19-10-12-21(13-11-19)26(30)28-16-14-20(15-17-28)25-27-22-8-4-5-9-23(22)31-25/h1-13,20H,14-17H2. The summed E-state index contributed by atoms with van der Waals surface area (Å²) in [6.45, 7) is 1.45. The molecule has 0 atom stereocenters. The summed E-state index contributed by atoms with van der Waals surface area (Å²) >= 11 is 1.77. The topological polar surface area (TPSA) is 50.3 Å². The van der Waals surface area contributed by atoms with Crippen molar-refractivity contribution in [1.82, 2.24) is 9.88 Å². The van der Waals surface area contributed by atoms with Crippen molar-refractivity contribution in [3.8, 4) is 0 Å². The third kappa shape index (κ3) is 4.01. The number of thiazole rings is 1. The number of hydrogen-bond donors (Lipinski definition) is 0. The molecule has 1 amide bonds. The van der Waals surface area contributed by atoms with Crippen LogP contribution in [0.1, 0.15) is 50.0 Å². The number of ketones is 1. The number of likely N-dealkylation sites (tertiary alicyclic amines) is 1. The first-order valence-corrected chi connectivity index (χ1v) is 11.4. The van der Waals surface area contributed by atoms with Crippen LogP contribution in [0.2, 0.25) is 0 Å². The molecule has 0 saturated carbocycles. The number of aromatic nitrogens is 1. The van der Waals surface area contributed by atoms with E-state index in [4.69, 9.17) is 4.98 Å². The lowest BCUT2D eigenvalue weighted by atomic mass is 9.96. The van der Waals surface area contributed by atoms with Gasteiger partial charge < -0.3 is 4.90 Å². The first-order valence-electron chi connectivity index (χ1n) is 10.5. The molecule has 5 heteroatoms. The van der Waals surface area contributed by atoms with Gasteiger partial charge in [-0.3, -0.25) is 9.59 Å². The van der Waals surface area contributed by atoms with E-state index in [0.717, 1.165) is 31.4 Å². The highest BCUT2D eigenvalue weighted by Crippen LogP contribution is 2.34. The van der Waals surface area contributed by atoms with Gasteiger partial charge in [0.1, 0.15) is 0 Å². The first-order chi connectivity index (χ1) is 15.2. The van der Waals surface area contributed by atoms with Gasteiger partial charge in [0.05, 0.1) is 15.2 Å². The molecule has 1 fully saturated rings. The van der Waals surface area contributed by atoms with Crippen LogP contribution < -0.4 is 0 Å². The van der Waals surface area contributed by atoms with E-state index in [1.165, 1.54) is 9.71 Å². The fourth-order valence-corrected chi connectivity index (χ4v) is 5.23. The van der Waals surface area contributed by atoms with Crippen molar-refractivity contribution in [2.24, 2.45) is 0 Å². The average molecular weight is 427 g/mol. The number of benzene rings is 3. The molecule has 1 saturated heterocycles. The van der Waals surface area contributed by atoms with Gasteiger partial charge in [0, 0.05) is 35.7 Å². The zero-order valence-corrected chi connectivity index (χ0v) is 17.8. The summed E-state index contributed by atoms with van der Waals surface area (Å²) in [5, 5.41) is 1.18. The molecule has 1 aromatic heterocycles. The quantitative estimate of drug-likeness (QED) is 0.402. The summed E-state index contributed by atoms with van der Waals surface area (Å²) in [5.74, 6) is 0.407. The van der Waals surface area contributed by atoms with Crippen LogP contribution >= 0.6 is 11.3 Å². The van der Waals surface area contributed by atoms with E-state index in [2.05, 4.69) is 12.1 Å². The van der Waals surface area contributed by atoms with Gasteiger partial charge >= 0.3 is 0 Å². The molecular weight excluding hydrogens is 404 g/mol. The van der Waals surface area contributed by atoms with Gasteiger partial charge in [-0.2, -0.15) is 0 Å². The summed E-state index contributed by atoms with van der Waals surface area (Å²) in [5.41, 5.74) is 2.94. The second-order valence-electron chi connectivity index (χ2n) is 7.86. The minimum Gasteiger partial charge on any atom is -0.339 e. The minimum atomic E-state index is -0.0313. The molecule has 0 aliphatic carbocycles. The minimum absolute atomic E-state index is 0.0291. The van der Waals surface area contributed by atoms with Crippen LogP contribution in [0.5, 0.6) is 0 Å². The smallest absolute Gasteiger partial charge is 0.253 e. The molecule has 31 heavy (non-hydrogen) atoms. The van der Waals surface area contributed by atoms with Crippen molar-refractivity contribution in [2.75, 3.05) is 13.1 Å². The second-order valence-corrected chi connectivity index (χ2v) is 8.92. The largest absolute Gasteiger partial charge is 0.339 e. The summed E-state index contributed by atoms with van der Waals surface area (Å²) in [6, 6.07) is 24.4. The average Bonchev–Trinajstić information content (AvgIpc) is 3.28. The Labute approximate surface area is 185 Å². The molecule has 154 valence electrons. The predicted octanol–water partition coefficient (Wildman–Crippen LogP) is 5.55. The van der Waals surface area contributed by atoms with Crippen LogP contribution in [0, 0.1) is 0 Å². The van der Waals surface area contributed by atoms with Crippen molar-refractivity contribution in [1.29, 1.82) is 0 Å². The number of hydrogen-bond acceptors (Lipinski definition) is 4. The predicted molar refractivity (Wildman–Crippen MR) is 124 cm³/mol. The molecule has 2 heterocycles. The Hall–Kier alpha value is -3.31. The molecule has 4 aromatic rings. The monoisotopic (exact) mass is 426 g/mol. The third-order valence-electron chi connectivity index (χ3n) is 5.87. The molecule has 0 N–H and O–H groups in total. The number of nitrogens with zero attached hydrogens (tertiary/aromatic N) is 2. The van der Waals surface area contributed by atoms with Crippen LogP contribution in [0.3, 0.4) is 0 Å². The maximum absolute atomic E-state index is 13.0. The Balaban J connectivity index is 1.23. The van der Waals surface area contributed by atoms with Crippen LogP contribution in [0.25, 0.3) is 10.2 Å². The van der Waals surface area contributed by atoms with Crippen LogP contribution in [-0.4, -0.2) is 34.7 Å². The van der Waals surface area contributed by atoms with Gasteiger partial charge in [0.25, 0.3) is 5.91 Å². The molecule has 0 bridgehead atoms. The number of para-hydroxylation sites is 1. The van der Waals surface area contributed by atoms with Crippen molar-refractivity contribution in [3.05, 3.63) is 101 Å². The van der Waals surface area contributed by atoms with Crippen molar-refractivity contribution in [2.45, 2.75) is 18.8 Å². The molecule has 0 radical (unpaired) electrons. The third-order valence-corrected chi connectivity index (χ3v) is 7.07. The van der Waals surface area contributed by atoms with E-state index in [-0.39, 0.29) is 11.7 Å². The van der Waals surface area contributed by atoms with E-state index in [9.17, 15) is 9.59 Å². The van der Waals surface area contributed by atoms with Crippen LogP contribution in [0.4, 0.5) is 0 Å². The highest BCUT2D eigenvalue weighted by molar-refractivity contribution is 7.18. The summed E-state index contributed by atoms with van der Waals surface area (Å²) < 4.78 is 1.22. The van der Waals surface area contributed by atoms with Crippen molar-refractivity contribution < 1.29 is 9.59 Å². The van der Waals surface area contributed by atoms with Crippen LogP contribution in [0.15, 0.2) is 78.9 Å². The lowest BCUT2D eigenvalue weighted by Gasteiger charge is -2.31. The molecule has 1 aliphatic rings. The van der Waals surface area contributed by atoms with Gasteiger partial charge in [0.2, 0.25) is 0 Å². The molecule has 1 aliphatic heterocycles. The fraction of sp³-hybridized carbons (Fsp3) is 0.192. The summed E-state index contributed by atoms with van der Waals surface area (Å²) in [4.78, 5) is 32.2. The van der Waals surface area contributed by atoms with Crippen LogP contribution in [-0.2, 0) is 0 Å². The fourth-order valence-electron chi connectivity index (χ4n) is 4.10. The zero-order chi connectivity index (χ0) is 21.2. The second kappa shape index (κ2) is 8.44. The van der Waals surface area contributed by atoms with E-state index < -0.39 is 0 Å². The maximum atomic E-state index is 13.0. The highest BCUT2D eigenvalue weighted by atomic mass is 32.1. The molecular formula is C26H22N2O2S. The van der Waals surface area contributed by atoms with Gasteiger partial charge in [-0.15, -0.1) is 11.3 Å². The normalized spacial score (nSPS) is 14.6. The van der Waals surface area contributed by atoms with Gasteiger partial charge in [-0.1, -0.05) is 54.6 Å². The number of amides is 1. The Bertz CT molecular complexity index is 1190. The number of carbonyl (C=O) groups is 2. The maximum Gasteiger partial charge on any atom is 0.253 e. The SMILES string of the molecule is O=C(c1ccccc1)c1ccc(C(=O)N2CCC(c3nc4ccccc4s3)CC2)cc1. The summed E-state index contributed by atoms with van der Waals surface area (Å²) in [6.07, 6.45) is 1.85. The number of fused-ring (bicyclic) bond motifs is 1. The first kappa shape index (κ1) is 19.6. The zero-order valence-electron chi connectivity index (χ0n) is 17.0. The Morgan fingerprint density at radius 1 is 0.774 bits per heavy atom. The Kier molecular flexibility index (Phi) is 5.35. The van der Waals surface area contributed by atoms with Crippen molar-refractivity contribution in [3.63, 3.8) is 0 Å². The molecule has 0 unspecified atom stereocenters. The molecule has 5 rings (SSSR count). The Morgan fingerprint density at radius 2 is 1.39 bits per heavy atom. The Morgan fingerprint density at radius 3 is 2.10 bits per heavy atom. The lowest BCUT2D eigenvalue weighted by Crippen LogP contribution is -2.37. The number of carbonyl (C=O) groups excluding carboxylic acids is 2. The van der Waals surface area contributed by atoms with E-state index >= 15 is 0 Å². The van der Waals surface area contributed by atoms with Gasteiger partial charge in [-0.05, 0) is 37.1 Å². The summed E-state index contributed by atoms with van der Waals surface area (Å²) in [7, 11) is 0. The molecule has 3 aromatic carbocycles. The van der Waals surface area contributed by atoms with Gasteiger partial charge in [-0.25, -0.2) is 4.98 Å². The van der Waals surface area contributed by atoms with Gasteiger partial charge in [0.15, 0.2) is 5.78 Å². The molecule has 4 nitrogen and oxygen atoms in total.